The number of benzene rings is 4. The van der Waals surface area contributed by atoms with Crippen LogP contribution in [-0.4, -0.2) is 34.9 Å². The first kappa shape index (κ1) is 35.4. The van der Waals surface area contributed by atoms with Gasteiger partial charge in [0.25, 0.3) is 0 Å². The van der Waals surface area contributed by atoms with E-state index in [1.807, 2.05) is 102 Å². The van der Waals surface area contributed by atoms with E-state index in [9.17, 15) is 19.5 Å². The Balaban J connectivity index is 1.60. The van der Waals surface area contributed by atoms with E-state index in [0.717, 1.165) is 33.4 Å². The molecule has 5 rings (SSSR count). The van der Waals surface area contributed by atoms with Gasteiger partial charge in [-0.2, -0.15) is 0 Å². The number of ether oxygens (including phenoxy) is 2. The van der Waals surface area contributed by atoms with Gasteiger partial charge < -0.3 is 25.2 Å². The minimum absolute atomic E-state index is 0.310. The maximum absolute atomic E-state index is 14.4. The van der Waals surface area contributed by atoms with E-state index in [2.05, 4.69) is 10.6 Å². The molecule has 8 heteroatoms. The summed E-state index contributed by atoms with van der Waals surface area (Å²) >= 11 is 0. The van der Waals surface area contributed by atoms with Crippen LogP contribution in [0, 0.1) is 46.5 Å². The van der Waals surface area contributed by atoms with Gasteiger partial charge in [-0.3, -0.25) is 14.4 Å². The van der Waals surface area contributed by atoms with Crippen LogP contribution in [0.25, 0.3) is 0 Å². The highest BCUT2D eigenvalue weighted by Gasteiger charge is 2.56. The van der Waals surface area contributed by atoms with E-state index in [1.54, 1.807) is 18.2 Å². The van der Waals surface area contributed by atoms with Crippen molar-refractivity contribution in [2.24, 2.45) is 11.8 Å². The van der Waals surface area contributed by atoms with Crippen LogP contribution in [0.2, 0.25) is 0 Å². The summed E-state index contributed by atoms with van der Waals surface area (Å²) < 4.78 is 12.2. The summed E-state index contributed by atoms with van der Waals surface area (Å²) in [6.45, 7) is 13.6. The van der Waals surface area contributed by atoms with Crippen molar-refractivity contribution in [1.82, 2.24) is 0 Å². The summed E-state index contributed by atoms with van der Waals surface area (Å²) in [5.74, 6) is -4.07. The second kappa shape index (κ2) is 14.7. The molecule has 2 amide bonds. The average molecular weight is 663 g/mol. The van der Waals surface area contributed by atoms with Crippen molar-refractivity contribution in [3.05, 3.63) is 118 Å². The summed E-state index contributed by atoms with van der Waals surface area (Å²) in [4.78, 5) is 42.6. The van der Waals surface area contributed by atoms with Crippen molar-refractivity contribution in [1.29, 1.82) is 0 Å². The molecule has 1 fully saturated rings. The van der Waals surface area contributed by atoms with Gasteiger partial charge in [0.2, 0.25) is 11.8 Å². The molecule has 4 aromatic rings. The van der Waals surface area contributed by atoms with Crippen LogP contribution < -0.4 is 20.1 Å². The van der Waals surface area contributed by atoms with Gasteiger partial charge >= 0.3 is 0 Å². The minimum atomic E-state index is -1.76. The summed E-state index contributed by atoms with van der Waals surface area (Å²) in [5.41, 5.74) is 5.63. The van der Waals surface area contributed by atoms with Gasteiger partial charge in [-0.1, -0.05) is 54.6 Å². The Morgan fingerprint density at radius 3 is 2.00 bits per heavy atom. The third-order valence-corrected chi connectivity index (χ3v) is 9.43. The van der Waals surface area contributed by atoms with Crippen LogP contribution in [-0.2, 0) is 21.0 Å². The predicted octanol–water partition coefficient (Wildman–Crippen LogP) is 7.52. The number of amides is 2. The van der Waals surface area contributed by atoms with E-state index >= 15 is 0 Å². The summed E-state index contributed by atoms with van der Waals surface area (Å²) in [5, 5.41) is 17.9. The Hall–Kier alpha value is -4.95. The molecule has 1 aliphatic rings. The highest BCUT2D eigenvalue weighted by Crippen LogP contribution is 2.48. The molecule has 1 aliphatic carbocycles. The molecular weight excluding hydrogens is 616 g/mol. The SMILES string of the molecule is CCOc1cc(C2C(C(=O)Nc3cc(C)ccc3C)C(=O)CC(C)(O)C2C(=O)Nc2cc(C)ccc2C)ccc1OCc1ccccc1C. The number of ketones is 1. The van der Waals surface area contributed by atoms with Crippen LogP contribution in [0.3, 0.4) is 0 Å². The number of aliphatic hydroxyl groups is 1. The van der Waals surface area contributed by atoms with Gasteiger partial charge in [0.05, 0.1) is 18.1 Å². The first-order valence-corrected chi connectivity index (χ1v) is 16.7. The molecule has 4 atom stereocenters. The predicted molar refractivity (Wildman–Crippen MR) is 192 cm³/mol. The van der Waals surface area contributed by atoms with Crippen molar-refractivity contribution < 1.29 is 29.0 Å². The second-order valence-electron chi connectivity index (χ2n) is 13.5. The fourth-order valence-corrected chi connectivity index (χ4v) is 6.70. The zero-order valence-electron chi connectivity index (χ0n) is 29.3. The quantitative estimate of drug-likeness (QED) is 0.151. The standard InChI is InChI=1S/C41H46N2O6/c1-8-48-35-21-29(17-18-34(35)49-23-30-12-10-9-11-26(30)4)36-37(39(45)42-31-19-24(2)13-15-27(31)5)33(44)22-41(7,47)38(36)40(46)43-32-20-25(3)14-16-28(32)6/h9-21,36-38,47H,8,22-23H2,1-7H3,(H,42,45)(H,43,46). The molecule has 1 saturated carbocycles. The number of nitrogens with one attached hydrogen (secondary N) is 2. The summed E-state index contributed by atoms with van der Waals surface area (Å²) in [7, 11) is 0. The zero-order valence-corrected chi connectivity index (χ0v) is 29.3. The number of carbonyl (C=O) groups is 3. The maximum atomic E-state index is 14.4. The monoisotopic (exact) mass is 662 g/mol. The maximum Gasteiger partial charge on any atom is 0.235 e. The van der Waals surface area contributed by atoms with Gasteiger partial charge in [-0.15, -0.1) is 0 Å². The van der Waals surface area contributed by atoms with E-state index in [0.29, 0.717) is 41.7 Å². The number of rotatable bonds is 10. The molecule has 0 spiro atoms. The highest BCUT2D eigenvalue weighted by molar-refractivity contribution is 6.10. The van der Waals surface area contributed by atoms with Crippen LogP contribution in [0.4, 0.5) is 11.4 Å². The molecule has 0 aliphatic heterocycles. The number of carbonyl (C=O) groups excluding carboxylic acids is 3. The van der Waals surface area contributed by atoms with Gasteiger partial charge in [0, 0.05) is 23.7 Å². The topological polar surface area (TPSA) is 114 Å². The van der Waals surface area contributed by atoms with Crippen molar-refractivity contribution in [2.45, 2.75) is 73.0 Å². The van der Waals surface area contributed by atoms with Gasteiger partial charge in [-0.05, 0) is 112 Å². The lowest BCUT2D eigenvalue weighted by Crippen LogP contribution is -2.56. The van der Waals surface area contributed by atoms with Crippen LogP contribution >= 0.6 is 0 Å². The van der Waals surface area contributed by atoms with Crippen LogP contribution in [0.1, 0.15) is 65.1 Å². The normalized spacial score (nSPS) is 20.4. The van der Waals surface area contributed by atoms with Crippen molar-refractivity contribution >= 4 is 29.0 Å². The smallest absolute Gasteiger partial charge is 0.235 e. The summed E-state index contributed by atoms with van der Waals surface area (Å²) in [6.07, 6.45) is -0.366. The van der Waals surface area contributed by atoms with E-state index < -0.39 is 41.0 Å². The Morgan fingerprint density at radius 2 is 1.39 bits per heavy atom. The molecule has 0 bridgehead atoms. The molecule has 256 valence electrons. The van der Waals surface area contributed by atoms with Crippen molar-refractivity contribution in [2.75, 3.05) is 17.2 Å². The van der Waals surface area contributed by atoms with Crippen LogP contribution in [0.5, 0.6) is 11.5 Å². The lowest BCUT2D eigenvalue weighted by molar-refractivity contribution is -0.150. The lowest BCUT2D eigenvalue weighted by Gasteiger charge is -2.44. The largest absolute Gasteiger partial charge is 0.490 e. The summed E-state index contributed by atoms with van der Waals surface area (Å²) in [6, 6.07) is 24.6. The average Bonchev–Trinajstić information content (AvgIpc) is 3.03. The molecule has 0 aromatic heterocycles. The van der Waals surface area contributed by atoms with Crippen molar-refractivity contribution in [3.8, 4) is 11.5 Å². The fraction of sp³-hybridized carbons (Fsp3) is 0.341. The van der Waals surface area contributed by atoms with Gasteiger partial charge in [0.15, 0.2) is 11.5 Å². The molecule has 4 aromatic carbocycles. The van der Waals surface area contributed by atoms with E-state index in [4.69, 9.17) is 9.47 Å². The van der Waals surface area contributed by atoms with E-state index in [-0.39, 0.29) is 6.42 Å². The Morgan fingerprint density at radius 1 is 0.776 bits per heavy atom. The van der Waals surface area contributed by atoms with Crippen LogP contribution in [0.15, 0.2) is 78.9 Å². The molecule has 0 heterocycles. The molecule has 8 nitrogen and oxygen atoms in total. The van der Waals surface area contributed by atoms with Crippen molar-refractivity contribution in [3.63, 3.8) is 0 Å². The van der Waals surface area contributed by atoms with Gasteiger partial charge in [0.1, 0.15) is 18.3 Å². The zero-order chi connectivity index (χ0) is 35.5. The number of aryl methyl sites for hydroxylation is 5. The third-order valence-electron chi connectivity index (χ3n) is 9.43. The molecular formula is C41H46N2O6. The number of Topliss-reactive ketones (excluding diaryl/α,β-unsaturated/α-hetero) is 1. The molecule has 0 radical (unpaired) electrons. The first-order chi connectivity index (χ1) is 23.3. The minimum Gasteiger partial charge on any atom is -0.490 e. The third kappa shape index (κ3) is 7.86. The Labute approximate surface area is 288 Å². The molecule has 49 heavy (non-hydrogen) atoms. The second-order valence-corrected chi connectivity index (χ2v) is 13.5. The Bertz CT molecular complexity index is 1880. The first-order valence-electron chi connectivity index (χ1n) is 16.7. The number of hydrogen-bond donors (Lipinski definition) is 3. The number of anilines is 2. The Kier molecular flexibility index (Phi) is 10.6. The van der Waals surface area contributed by atoms with Gasteiger partial charge in [-0.25, -0.2) is 0 Å². The highest BCUT2D eigenvalue weighted by atomic mass is 16.5. The molecule has 3 N–H and O–H groups in total. The molecule has 4 unspecified atom stereocenters. The fourth-order valence-electron chi connectivity index (χ4n) is 6.70. The van der Waals surface area contributed by atoms with E-state index in [1.165, 1.54) is 6.92 Å². The molecule has 0 saturated heterocycles. The number of hydrogen-bond acceptors (Lipinski definition) is 6. The lowest BCUT2D eigenvalue weighted by atomic mass is 9.61.